The van der Waals surface area contributed by atoms with E-state index in [0.29, 0.717) is 0 Å². The standard InChI is InChI=1S/C8H15NO4S/c1-8(2,7(11)12)14(13)5-6(10)9(3)4/h5H2,1-4H3,(H,11,12). The van der Waals surface area contributed by atoms with Gasteiger partial charge in [-0.25, -0.2) is 0 Å². The van der Waals surface area contributed by atoms with Crippen LogP contribution in [0.15, 0.2) is 0 Å². The Labute approximate surface area is 85.5 Å². The Morgan fingerprint density at radius 1 is 1.36 bits per heavy atom. The van der Waals surface area contributed by atoms with Gasteiger partial charge in [-0.15, -0.1) is 0 Å². The molecule has 0 saturated heterocycles. The lowest BCUT2D eigenvalue weighted by Crippen LogP contribution is -2.41. The van der Waals surface area contributed by atoms with Gasteiger partial charge in [-0.2, -0.15) is 0 Å². The lowest BCUT2D eigenvalue weighted by molar-refractivity contribution is -0.139. The second-order valence-electron chi connectivity index (χ2n) is 3.59. The maximum atomic E-state index is 11.5. The molecule has 0 aromatic carbocycles. The maximum Gasteiger partial charge on any atom is 0.321 e. The molecule has 0 aromatic rings. The summed E-state index contributed by atoms with van der Waals surface area (Å²) in [6.45, 7) is 2.68. The molecule has 82 valence electrons. The highest BCUT2D eigenvalue weighted by Crippen LogP contribution is 2.13. The van der Waals surface area contributed by atoms with E-state index in [4.69, 9.17) is 5.11 Å². The average molecular weight is 221 g/mol. The van der Waals surface area contributed by atoms with Crippen molar-refractivity contribution in [1.82, 2.24) is 4.90 Å². The fourth-order valence-electron chi connectivity index (χ4n) is 0.519. The summed E-state index contributed by atoms with van der Waals surface area (Å²) in [7, 11) is 1.37. The Morgan fingerprint density at radius 3 is 2.07 bits per heavy atom. The first-order valence-electron chi connectivity index (χ1n) is 4.01. The van der Waals surface area contributed by atoms with E-state index in [1.807, 2.05) is 0 Å². The minimum absolute atomic E-state index is 0.258. The summed E-state index contributed by atoms with van der Waals surface area (Å²) in [5.41, 5.74) is 0. The highest BCUT2D eigenvalue weighted by atomic mass is 32.2. The van der Waals surface area contributed by atoms with Gasteiger partial charge in [0.2, 0.25) is 5.91 Å². The van der Waals surface area contributed by atoms with Gasteiger partial charge >= 0.3 is 5.97 Å². The Balaban J connectivity index is 4.51. The van der Waals surface area contributed by atoms with Crippen molar-refractivity contribution in [2.45, 2.75) is 18.6 Å². The van der Waals surface area contributed by atoms with E-state index < -0.39 is 21.5 Å². The van der Waals surface area contributed by atoms with Crippen molar-refractivity contribution in [3.8, 4) is 0 Å². The number of carboxylic acids is 1. The molecule has 0 aliphatic carbocycles. The molecule has 1 amide bonds. The van der Waals surface area contributed by atoms with Crippen LogP contribution < -0.4 is 0 Å². The monoisotopic (exact) mass is 221 g/mol. The molecule has 0 bridgehead atoms. The van der Waals surface area contributed by atoms with Crippen LogP contribution in [0.3, 0.4) is 0 Å². The summed E-state index contributed by atoms with van der Waals surface area (Å²) in [5.74, 6) is -1.76. The minimum Gasteiger partial charge on any atom is -0.480 e. The minimum atomic E-state index is -1.70. The largest absolute Gasteiger partial charge is 0.480 e. The Morgan fingerprint density at radius 2 is 1.79 bits per heavy atom. The molecule has 0 fully saturated rings. The quantitative estimate of drug-likeness (QED) is 0.706. The molecule has 14 heavy (non-hydrogen) atoms. The number of amides is 1. The zero-order valence-corrected chi connectivity index (χ0v) is 9.55. The molecule has 0 heterocycles. The van der Waals surface area contributed by atoms with Crippen molar-refractivity contribution in [3.05, 3.63) is 0 Å². The number of rotatable bonds is 4. The van der Waals surface area contributed by atoms with Crippen molar-refractivity contribution in [1.29, 1.82) is 0 Å². The van der Waals surface area contributed by atoms with Crippen LogP contribution in [0.2, 0.25) is 0 Å². The molecule has 0 rings (SSSR count). The van der Waals surface area contributed by atoms with Crippen LogP contribution in [0.5, 0.6) is 0 Å². The summed E-state index contributed by atoms with van der Waals surface area (Å²) in [6, 6.07) is 0. The van der Waals surface area contributed by atoms with Crippen molar-refractivity contribution in [2.75, 3.05) is 19.8 Å². The third kappa shape index (κ3) is 3.10. The SMILES string of the molecule is CN(C)C(=O)CS(=O)C(C)(C)C(=O)O. The molecule has 0 aromatic heterocycles. The molecule has 1 atom stereocenters. The molecule has 1 N–H and O–H groups in total. The van der Waals surface area contributed by atoms with Crippen molar-refractivity contribution < 1.29 is 18.9 Å². The Bertz CT molecular complexity index is 273. The molecule has 5 nitrogen and oxygen atoms in total. The highest BCUT2D eigenvalue weighted by Gasteiger charge is 2.35. The van der Waals surface area contributed by atoms with E-state index in [-0.39, 0.29) is 11.7 Å². The molecule has 0 spiro atoms. The zero-order valence-electron chi connectivity index (χ0n) is 8.73. The number of carbonyl (C=O) groups excluding carboxylic acids is 1. The van der Waals surface area contributed by atoms with E-state index in [2.05, 4.69) is 0 Å². The second-order valence-corrected chi connectivity index (χ2v) is 5.59. The van der Waals surface area contributed by atoms with E-state index in [1.165, 1.54) is 32.8 Å². The first-order chi connectivity index (χ1) is 6.19. The van der Waals surface area contributed by atoms with Crippen LogP contribution in [0, 0.1) is 0 Å². The van der Waals surface area contributed by atoms with Crippen LogP contribution in [-0.4, -0.2) is 50.7 Å². The number of carbonyl (C=O) groups is 2. The second kappa shape index (κ2) is 4.54. The Kier molecular flexibility index (Phi) is 4.25. The summed E-state index contributed by atoms with van der Waals surface area (Å²) in [4.78, 5) is 23.1. The van der Waals surface area contributed by atoms with Crippen LogP contribution in [0.1, 0.15) is 13.8 Å². The number of carboxylic acid groups (broad SMARTS) is 1. The number of nitrogens with zero attached hydrogens (tertiary/aromatic N) is 1. The van der Waals surface area contributed by atoms with Gasteiger partial charge in [-0.05, 0) is 13.8 Å². The maximum absolute atomic E-state index is 11.5. The molecule has 0 aliphatic rings. The van der Waals surface area contributed by atoms with Gasteiger partial charge in [0.15, 0.2) is 0 Å². The molecule has 0 radical (unpaired) electrons. The van der Waals surface area contributed by atoms with Gasteiger partial charge in [0.1, 0.15) is 10.5 Å². The number of hydrogen-bond acceptors (Lipinski definition) is 3. The van der Waals surface area contributed by atoms with Gasteiger partial charge in [-0.3, -0.25) is 13.8 Å². The third-order valence-corrected chi connectivity index (χ3v) is 3.66. The van der Waals surface area contributed by atoms with Crippen molar-refractivity contribution in [3.63, 3.8) is 0 Å². The van der Waals surface area contributed by atoms with Gasteiger partial charge < -0.3 is 10.0 Å². The molecule has 6 heteroatoms. The van der Waals surface area contributed by atoms with Gasteiger partial charge in [0.05, 0.1) is 0 Å². The van der Waals surface area contributed by atoms with Gasteiger partial charge in [0, 0.05) is 24.9 Å². The predicted molar refractivity (Wildman–Crippen MR) is 53.4 cm³/mol. The molecular weight excluding hydrogens is 206 g/mol. The molecular formula is C8H15NO4S. The van der Waals surface area contributed by atoms with Crippen LogP contribution in [0.4, 0.5) is 0 Å². The van der Waals surface area contributed by atoms with E-state index in [1.54, 1.807) is 0 Å². The highest BCUT2D eigenvalue weighted by molar-refractivity contribution is 7.87. The normalized spacial score (nSPS) is 13.4. The van der Waals surface area contributed by atoms with E-state index in [0.717, 1.165) is 0 Å². The van der Waals surface area contributed by atoms with Crippen LogP contribution in [-0.2, 0) is 20.4 Å². The first kappa shape index (κ1) is 13.1. The third-order valence-electron chi connectivity index (χ3n) is 1.84. The Hall–Kier alpha value is -0.910. The van der Waals surface area contributed by atoms with E-state index >= 15 is 0 Å². The molecule has 1 unspecified atom stereocenters. The summed E-state index contributed by atoms with van der Waals surface area (Å²) >= 11 is 0. The smallest absolute Gasteiger partial charge is 0.321 e. The number of hydrogen-bond donors (Lipinski definition) is 1. The van der Waals surface area contributed by atoms with E-state index in [9.17, 15) is 13.8 Å². The lowest BCUT2D eigenvalue weighted by atomic mass is 10.2. The van der Waals surface area contributed by atoms with Crippen LogP contribution in [0.25, 0.3) is 0 Å². The lowest BCUT2D eigenvalue weighted by Gasteiger charge is -2.19. The van der Waals surface area contributed by atoms with Gasteiger partial charge in [-0.1, -0.05) is 0 Å². The average Bonchev–Trinajstić information content (AvgIpc) is 2.03. The first-order valence-corrected chi connectivity index (χ1v) is 5.33. The molecule has 0 aliphatic heterocycles. The summed E-state index contributed by atoms with van der Waals surface area (Å²) < 4.78 is 10.1. The van der Waals surface area contributed by atoms with Crippen molar-refractivity contribution in [2.24, 2.45) is 0 Å². The fraction of sp³-hybridized carbons (Fsp3) is 0.750. The fourth-order valence-corrected chi connectivity index (χ4v) is 1.56. The van der Waals surface area contributed by atoms with Crippen molar-refractivity contribution >= 4 is 22.7 Å². The summed E-state index contributed by atoms with van der Waals surface area (Å²) in [5, 5.41) is 8.75. The van der Waals surface area contributed by atoms with Gasteiger partial charge in [0.25, 0.3) is 0 Å². The topological polar surface area (TPSA) is 74.7 Å². The predicted octanol–water partition coefficient (Wildman–Crippen LogP) is -0.313. The summed E-state index contributed by atoms with van der Waals surface area (Å²) in [6.07, 6.45) is 0. The molecule has 0 saturated carbocycles. The van der Waals surface area contributed by atoms with Crippen LogP contribution >= 0.6 is 0 Å². The number of aliphatic carboxylic acids is 1. The zero-order chi connectivity index (χ0) is 11.5.